The van der Waals surface area contributed by atoms with Crippen molar-refractivity contribution in [2.75, 3.05) is 32.8 Å². The molecular weight excluding hydrogens is 789 g/mol. The van der Waals surface area contributed by atoms with Crippen LogP contribution in [0.15, 0.2) is 142 Å². The quantitative estimate of drug-likeness (QED) is 0.0527. The van der Waals surface area contributed by atoms with Crippen LogP contribution in [0.3, 0.4) is 0 Å². The lowest BCUT2D eigenvalue weighted by Crippen LogP contribution is -2.40. The lowest BCUT2D eigenvalue weighted by atomic mass is 9.86. The van der Waals surface area contributed by atoms with Gasteiger partial charge in [0.05, 0.1) is 36.8 Å². The van der Waals surface area contributed by atoms with E-state index < -0.39 is 17.7 Å². The summed E-state index contributed by atoms with van der Waals surface area (Å²) in [5.74, 6) is -0.175. The molecule has 0 unspecified atom stereocenters. The smallest absolute Gasteiger partial charge is 0.347 e. The number of piperidine rings is 1. The molecule has 2 aromatic heterocycles. The molecule has 1 aliphatic rings. The minimum atomic E-state index is -2.06. The predicted molar refractivity (Wildman–Crippen MR) is 235 cm³/mol. The molecule has 0 amide bonds. The van der Waals surface area contributed by atoms with E-state index in [-0.39, 0.29) is 54.6 Å². The van der Waals surface area contributed by atoms with Crippen LogP contribution in [0.4, 0.5) is 0 Å². The van der Waals surface area contributed by atoms with Crippen LogP contribution in [0.25, 0.3) is 21.9 Å². The number of benzene rings is 5. The van der Waals surface area contributed by atoms with Gasteiger partial charge in [-0.15, -0.1) is 0 Å². The molecule has 1 fully saturated rings. The summed E-state index contributed by atoms with van der Waals surface area (Å²) >= 11 is 0. The predicted octanol–water partition coefficient (Wildman–Crippen LogP) is 6.13. The van der Waals surface area contributed by atoms with Gasteiger partial charge >= 0.3 is 5.97 Å². The van der Waals surface area contributed by atoms with Gasteiger partial charge in [-0.3, -0.25) is 14.5 Å². The van der Waals surface area contributed by atoms with E-state index in [1.54, 1.807) is 72.8 Å². The van der Waals surface area contributed by atoms with Gasteiger partial charge in [-0.05, 0) is 90.5 Å². The Morgan fingerprint density at radius 3 is 2.39 bits per heavy atom. The van der Waals surface area contributed by atoms with Crippen molar-refractivity contribution in [3.63, 3.8) is 0 Å². The van der Waals surface area contributed by atoms with Gasteiger partial charge in [0.15, 0.2) is 5.58 Å². The highest BCUT2D eigenvalue weighted by atomic mass is 16.6. The van der Waals surface area contributed by atoms with Gasteiger partial charge in [-0.25, -0.2) is 4.79 Å². The average molecular weight is 839 g/mol. The molecule has 0 spiro atoms. The average Bonchev–Trinajstić information content (AvgIpc) is 3.61. The highest BCUT2D eigenvalue weighted by Crippen LogP contribution is 2.34. The first kappa shape index (κ1) is 42.2. The number of likely N-dealkylation sites (tertiary alicyclic amines) is 1. The summed E-state index contributed by atoms with van der Waals surface area (Å²) in [6.45, 7) is 3.99. The second-order valence-corrected chi connectivity index (χ2v) is 15.9. The zero-order chi connectivity index (χ0) is 43.1. The molecule has 0 saturated carbocycles. The van der Waals surface area contributed by atoms with Crippen molar-refractivity contribution in [1.29, 1.82) is 0 Å². The molecule has 2 atom stereocenters. The van der Waals surface area contributed by atoms with Crippen LogP contribution < -0.4 is 21.2 Å². The molecule has 0 bridgehead atoms. The van der Waals surface area contributed by atoms with E-state index in [1.165, 1.54) is 22.4 Å². The molecule has 0 aliphatic carbocycles. The van der Waals surface area contributed by atoms with E-state index in [2.05, 4.69) is 39.5 Å². The third-order valence-electron chi connectivity index (χ3n) is 11.6. The Kier molecular flexibility index (Phi) is 13.0. The van der Waals surface area contributed by atoms with Gasteiger partial charge in [-0.1, -0.05) is 84.9 Å². The summed E-state index contributed by atoms with van der Waals surface area (Å²) < 4.78 is 19.2. The first-order valence-electron chi connectivity index (χ1n) is 21.0. The number of phenols is 1. The summed E-state index contributed by atoms with van der Waals surface area (Å²) in [6, 6.07) is 37.3. The van der Waals surface area contributed by atoms with E-state index >= 15 is 0 Å². The van der Waals surface area contributed by atoms with Crippen molar-refractivity contribution in [3.8, 4) is 11.5 Å². The van der Waals surface area contributed by atoms with Gasteiger partial charge in [-0.2, -0.15) is 4.74 Å². The first-order valence-corrected chi connectivity index (χ1v) is 21.0. The van der Waals surface area contributed by atoms with E-state index in [9.17, 15) is 29.7 Å². The Morgan fingerprint density at radius 2 is 1.60 bits per heavy atom. The molecule has 1 aliphatic heterocycles. The number of nitrogens with zero attached hydrogens (tertiary/aromatic N) is 2. The third kappa shape index (κ3) is 9.51. The second-order valence-electron chi connectivity index (χ2n) is 15.9. The van der Waals surface area contributed by atoms with Crippen molar-refractivity contribution in [2.24, 2.45) is 5.92 Å². The van der Waals surface area contributed by atoms with Crippen molar-refractivity contribution in [2.45, 2.75) is 50.6 Å². The van der Waals surface area contributed by atoms with Crippen LogP contribution in [0, 0.1) is 5.92 Å². The Balaban J connectivity index is 0.846. The molecule has 62 heavy (non-hydrogen) atoms. The maximum atomic E-state index is 13.9. The van der Waals surface area contributed by atoms with Crippen LogP contribution in [-0.2, 0) is 34.8 Å². The molecule has 3 heterocycles. The van der Waals surface area contributed by atoms with E-state index in [0.717, 1.165) is 38.0 Å². The minimum absolute atomic E-state index is 0.0774. The largest absolute Gasteiger partial charge is 0.506 e. The van der Waals surface area contributed by atoms with Crippen LogP contribution >= 0.6 is 0 Å². The number of aromatic hydroxyl groups is 1. The zero-order valence-electron chi connectivity index (χ0n) is 34.2. The van der Waals surface area contributed by atoms with Crippen LogP contribution in [0.2, 0.25) is 0 Å². The van der Waals surface area contributed by atoms with E-state index in [4.69, 9.17) is 14.0 Å². The summed E-state index contributed by atoms with van der Waals surface area (Å²) in [5.41, 5.74) is 1.41. The van der Waals surface area contributed by atoms with Gasteiger partial charge in [0.1, 0.15) is 11.5 Å². The van der Waals surface area contributed by atoms with Gasteiger partial charge in [0, 0.05) is 43.1 Å². The fourth-order valence-electron chi connectivity index (χ4n) is 8.12. The molecule has 5 aromatic carbocycles. The van der Waals surface area contributed by atoms with Gasteiger partial charge in [0.2, 0.25) is 11.2 Å². The van der Waals surface area contributed by atoms with Crippen molar-refractivity contribution in [3.05, 3.63) is 176 Å². The summed E-state index contributed by atoms with van der Waals surface area (Å²) in [6.07, 6.45) is 1.31. The molecule has 8 rings (SSSR count). The summed E-state index contributed by atoms with van der Waals surface area (Å²) in [7, 11) is 0. The molecular formula is C49H50N4O9. The van der Waals surface area contributed by atoms with Crippen LogP contribution in [0.1, 0.15) is 53.2 Å². The summed E-state index contributed by atoms with van der Waals surface area (Å²) in [4.78, 5) is 43.8. The van der Waals surface area contributed by atoms with Crippen molar-refractivity contribution >= 4 is 27.8 Å². The van der Waals surface area contributed by atoms with Crippen molar-refractivity contribution in [1.82, 2.24) is 19.9 Å². The number of esters is 1. The van der Waals surface area contributed by atoms with Crippen LogP contribution in [0.5, 0.6) is 11.5 Å². The maximum Gasteiger partial charge on any atom is 0.347 e. The second kappa shape index (κ2) is 19.0. The maximum absolute atomic E-state index is 13.9. The van der Waals surface area contributed by atoms with E-state index in [1.807, 2.05) is 18.2 Å². The van der Waals surface area contributed by atoms with Crippen LogP contribution in [-0.4, -0.2) is 68.8 Å². The van der Waals surface area contributed by atoms with E-state index in [0.29, 0.717) is 51.8 Å². The van der Waals surface area contributed by atoms with Gasteiger partial charge in [0.25, 0.3) is 5.56 Å². The number of carbonyl (C=O) groups is 1. The lowest BCUT2D eigenvalue weighted by Gasteiger charge is -2.33. The summed E-state index contributed by atoms with van der Waals surface area (Å²) in [5, 5.41) is 37.5. The number of aromatic nitrogens is 2. The Hall–Kier alpha value is -6.51. The first-order chi connectivity index (χ1) is 30.2. The number of ether oxygens (including phenoxy) is 2. The monoisotopic (exact) mass is 838 g/mol. The zero-order valence-corrected chi connectivity index (χ0v) is 34.2. The number of fused-ring (bicyclic) bond motifs is 2. The number of hydrogen-bond acceptors (Lipinski definition) is 11. The fraction of sp³-hybridized carbons (Fsp3) is 0.286. The van der Waals surface area contributed by atoms with Gasteiger partial charge < -0.3 is 39.6 Å². The lowest BCUT2D eigenvalue weighted by molar-refractivity contribution is -0.164. The number of aliphatic hydroxyl groups is 2. The number of carbonyl (C=O) groups excluding carboxylic acids is 1. The highest BCUT2D eigenvalue weighted by molar-refractivity contribution is 5.87. The number of hydrogen-bond donors (Lipinski definition) is 5. The molecule has 0 radical (unpaired) electrons. The number of H-pyrrole nitrogens is 1. The number of pyridine rings is 1. The molecule has 13 nitrogen and oxygen atoms in total. The Morgan fingerprint density at radius 1 is 0.855 bits per heavy atom. The molecule has 5 N–H and O–H groups in total. The molecule has 1 saturated heterocycles. The number of nitrogens with one attached hydrogen (secondary N) is 2. The Labute approximate surface area is 357 Å². The standard InChI is InChI=1S/C49H50N4O9/c54-42-19-17-39(40-18-20-45(56)51-46(40)42)43(55)30-50-29-35-15-16-41-44(27-35)62-53(47(41)57)23-8-26-60-38-14-7-13-37(28-38)49(59,36-11-5-2-6-12-36)48(58)61-32-34-21-24-52(25-22-34)31-33-9-3-1-4-10-33/h1-7,9-20,27-28,34,43,50,54-55,59H,8,21-26,29-32H2,(H,51,56)/t43-,49-/m0/s1. The Bertz CT molecular complexity index is 2740. The third-order valence-corrected chi connectivity index (χ3v) is 11.6. The number of aryl methyl sites for hydroxylation is 1. The normalized spacial score (nSPS) is 15.1. The van der Waals surface area contributed by atoms with Crippen molar-refractivity contribution < 1.29 is 34.1 Å². The molecule has 320 valence electrons. The number of aliphatic hydroxyl groups excluding tert-OH is 1. The molecule has 7 aromatic rings. The number of phenolic OH excluding ortho intramolecular Hbond substituents is 1. The highest BCUT2D eigenvalue weighted by Gasteiger charge is 2.42. The fourth-order valence-corrected chi connectivity index (χ4v) is 8.12. The number of rotatable bonds is 17. The molecule has 13 heteroatoms. The minimum Gasteiger partial charge on any atom is -0.506 e. The SMILES string of the molecule is O=C(OCC1CCN(Cc2ccccc2)CC1)[C@](O)(c1ccccc1)c1cccc(OCCCn2oc3cc(CNC[C@H](O)c4ccc(O)c5[nH]c(=O)ccc45)ccc3c2=O)c1. The number of aromatic amines is 1. The topological polar surface area (TPSA) is 179 Å².